The Hall–Kier alpha value is -1.39. The van der Waals surface area contributed by atoms with Gasteiger partial charge in [-0.05, 0) is 31.0 Å². The fraction of sp³-hybridized carbons (Fsp3) is 0.400. The van der Waals surface area contributed by atoms with E-state index in [0.29, 0.717) is 5.75 Å². The van der Waals surface area contributed by atoms with Crippen LogP contribution in [0.4, 0.5) is 18.9 Å². The van der Waals surface area contributed by atoms with Crippen LogP contribution in [0.2, 0.25) is 0 Å². The van der Waals surface area contributed by atoms with E-state index in [1.807, 2.05) is 0 Å². The van der Waals surface area contributed by atoms with Crippen molar-refractivity contribution in [1.29, 1.82) is 0 Å². The van der Waals surface area contributed by atoms with E-state index in [1.54, 1.807) is 0 Å². The molecule has 1 aromatic rings. The molecule has 1 saturated carbocycles. The first-order valence-electron chi connectivity index (χ1n) is 4.60. The number of rotatable bonds is 2. The zero-order chi connectivity index (χ0) is 11.1. The molecular weight excluding hydrogens is 207 g/mol. The van der Waals surface area contributed by atoms with Crippen LogP contribution >= 0.6 is 0 Å². The highest BCUT2D eigenvalue weighted by atomic mass is 19.4. The second kappa shape index (κ2) is 3.32. The summed E-state index contributed by atoms with van der Waals surface area (Å²) in [4.78, 5) is 0. The standard InChI is InChI=1S/C10H10F3NO/c11-10(12,13)6-1-4-9(8(14)5-6)15-7-2-3-7/h1,4-5,7H,2-3,14H2. The maximum atomic E-state index is 12.3. The normalized spacial score (nSPS) is 16.5. The molecule has 2 nitrogen and oxygen atoms in total. The molecule has 0 aliphatic heterocycles. The van der Waals surface area contributed by atoms with Crippen molar-refractivity contribution < 1.29 is 17.9 Å². The molecule has 0 aromatic heterocycles. The van der Waals surface area contributed by atoms with Crippen molar-refractivity contribution in [3.8, 4) is 5.75 Å². The lowest BCUT2D eigenvalue weighted by Crippen LogP contribution is -2.07. The molecule has 1 aliphatic rings. The molecule has 1 aromatic carbocycles. The molecule has 2 N–H and O–H groups in total. The molecule has 1 fully saturated rings. The third-order valence-corrected chi connectivity index (χ3v) is 2.16. The molecular formula is C10H10F3NO. The highest BCUT2D eigenvalue weighted by Crippen LogP contribution is 2.35. The summed E-state index contributed by atoms with van der Waals surface area (Å²) >= 11 is 0. The molecule has 0 saturated heterocycles. The third-order valence-electron chi connectivity index (χ3n) is 2.16. The third kappa shape index (κ3) is 2.34. The monoisotopic (exact) mass is 217 g/mol. The van der Waals surface area contributed by atoms with Gasteiger partial charge < -0.3 is 10.5 Å². The lowest BCUT2D eigenvalue weighted by atomic mass is 10.2. The number of hydrogen-bond donors (Lipinski definition) is 1. The number of ether oxygens (including phenoxy) is 1. The summed E-state index contributed by atoms with van der Waals surface area (Å²) in [5.41, 5.74) is 4.76. The van der Waals surface area contributed by atoms with Crippen LogP contribution in [0.15, 0.2) is 18.2 Å². The first-order valence-corrected chi connectivity index (χ1v) is 4.60. The first kappa shape index (κ1) is 10.1. The highest BCUT2D eigenvalue weighted by molar-refractivity contribution is 5.55. The first-order chi connectivity index (χ1) is 6.97. The molecule has 1 aliphatic carbocycles. The van der Waals surface area contributed by atoms with E-state index in [2.05, 4.69) is 0 Å². The molecule has 15 heavy (non-hydrogen) atoms. The largest absolute Gasteiger partial charge is 0.488 e. The van der Waals surface area contributed by atoms with Crippen LogP contribution in [0.5, 0.6) is 5.75 Å². The van der Waals surface area contributed by atoms with Crippen LogP contribution < -0.4 is 10.5 Å². The molecule has 0 radical (unpaired) electrons. The highest BCUT2D eigenvalue weighted by Gasteiger charge is 2.31. The van der Waals surface area contributed by atoms with Crippen molar-refractivity contribution in [1.82, 2.24) is 0 Å². The number of halogens is 3. The van der Waals surface area contributed by atoms with Gasteiger partial charge in [-0.3, -0.25) is 0 Å². The maximum absolute atomic E-state index is 12.3. The summed E-state index contributed by atoms with van der Waals surface area (Å²) < 4.78 is 42.2. The minimum Gasteiger partial charge on any atom is -0.488 e. The predicted octanol–water partition coefficient (Wildman–Crippen LogP) is 2.83. The maximum Gasteiger partial charge on any atom is 0.416 e. The number of nitrogen functional groups attached to an aromatic ring is 1. The van der Waals surface area contributed by atoms with Gasteiger partial charge in [0.25, 0.3) is 0 Å². The second-order valence-corrected chi connectivity index (χ2v) is 3.57. The summed E-state index contributed by atoms with van der Waals surface area (Å²) in [6, 6.07) is 3.16. The fourth-order valence-corrected chi connectivity index (χ4v) is 1.20. The van der Waals surface area contributed by atoms with Gasteiger partial charge in [-0.1, -0.05) is 0 Å². The second-order valence-electron chi connectivity index (χ2n) is 3.57. The molecule has 5 heteroatoms. The Morgan fingerprint density at radius 3 is 2.40 bits per heavy atom. The van der Waals surface area contributed by atoms with Gasteiger partial charge in [-0.15, -0.1) is 0 Å². The minimum absolute atomic E-state index is 0.0386. The number of nitrogens with two attached hydrogens (primary N) is 1. The van der Waals surface area contributed by atoms with Crippen molar-refractivity contribution in [3.05, 3.63) is 23.8 Å². The summed E-state index contributed by atoms with van der Waals surface area (Å²) in [7, 11) is 0. The molecule has 0 bridgehead atoms. The molecule has 82 valence electrons. The van der Waals surface area contributed by atoms with Crippen molar-refractivity contribution in [2.45, 2.75) is 25.1 Å². The summed E-state index contributed by atoms with van der Waals surface area (Å²) in [5.74, 6) is 0.338. The molecule has 0 heterocycles. The van der Waals surface area contributed by atoms with Crippen LogP contribution in [0, 0.1) is 0 Å². The molecule has 0 unspecified atom stereocenters. The summed E-state index contributed by atoms with van der Waals surface area (Å²) in [5, 5.41) is 0. The number of anilines is 1. The van der Waals surface area contributed by atoms with Crippen LogP contribution in [-0.2, 0) is 6.18 Å². The average molecular weight is 217 g/mol. The SMILES string of the molecule is Nc1cc(C(F)(F)F)ccc1OC1CC1. The Kier molecular flexibility index (Phi) is 2.25. The van der Waals surface area contributed by atoms with Crippen LogP contribution in [0.1, 0.15) is 18.4 Å². The smallest absolute Gasteiger partial charge is 0.416 e. The van der Waals surface area contributed by atoms with Crippen LogP contribution in [0.3, 0.4) is 0 Å². The minimum atomic E-state index is -4.35. The van der Waals surface area contributed by atoms with Crippen molar-refractivity contribution in [3.63, 3.8) is 0 Å². The Balaban J connectivity index is 2.21. The Bertz CT molecular complexity index is 371. The summed E-state index contributed by atoms with van der Waals surface area (Å²) in [6.45, 7) is 0. The zero-order valence-corrected chi connectivity index (χ0v) is 7.84. The lowest BCUT2D eigenvalue weighted by molar-refractivity contribution is -0.137. The van der Waals surface area contributed by atoms with Gasteiger partial charge >= 0.3 is 6.18 Å². The van der Waals surface area contributed by atoms with Crippen LogP contribution in [0.25, 0.3) is 0 Å². The molecule has 0 amide bonds. The van der Waals surface area contributed by atoms with Gasteiger partial charge in [0.15, 0.2) is 0 Å². The van der Waals surface area contributed by atoms with Crippen molar-refractivity contribution in [2.24, 2.45) is 0 Å². The molecule has 2 rings (SSSR count). The van der Waals surface area contributed by atoms with E-state index in [4.69, 9.17) is 10.5 Å². The van der Waals surface area contributed by atoms with E-state index < -0.39 is 11.7 Å². The Morgan fingerprint density at radius 1 is 1.27 bits per heavy atom. The Morgan fingerprint density at radius 2 is 1.93 bits per heavy atom. The number of hydrogen-bond acceptors (Lipinski definition) is 2. The van der Waals surface area contributed by atoms with E-state index in [9.17, 15) is 13.2 Å². The fourth-order valence-electron chi connectivity index (χ4n) is 1.20. The van der Waals surface area contributed by atoms with E-state index in [0.717, 1.165) is 25.0 Å². The van der Waals surface area contributed by atoms with E-state index in [-0.39, 0.29) is 11.8 Å². The van der Waals surface area contributed by atoms with Gasteiger partial charge in [-0.2, -0.15) is 13.2 Å². The van der Waals surface area contributed by atoms with Crippen LogP contribution in [-0.4, -0.2) is 6.10 Å². The lowest BCUT2D eigenvalue weighted by Gasteiger charge is -2.11. The van der Waals surface area contributed by atoms with Gasteiger partial charge in [0.2, 0.25) is 0 Å². The quantitative estimate of drug-likeness (QED) is 0.773. The van der Waals surface area contributed by atoms with Gasteiger partial charge in [-0.25, -0.2) is 0 Å². The number of alkyl halides is 3. The number of benzene rings is 1. The predicted molar refractivity (Wildman–Crippen MR) is 49.5 cm³/mol. The zero-order valence-electron chi connectivity index (χ0n) is 7.84. The van der Waals surface area contributed by atoms with Crippen molar-refractivity contribution in [2.75, 3.05) is 5.73 Å². The average Bonchev–Trinajstić information content (AvgIpc) is 2.90. The Labute approximate surface area is 84.8 Å². The topological polar surface area (TPSA) is 35.2 Å². The van der Waals surface area contributed by atoms with Gasteiger partial charge in [0.1, 0.15) is 5.75 Å². The molecule has 0 spiro atoms. The summed E-state index contributed by atoms with van der Waals surface area (Å²) in [6.07, 6.45) is -2.34. The van der Waals surface area contributed by atoms with Gasteiger partial charge in [0, 0.05) is 0 Å². The van der Waals surface area contributed by atoms with E-state index >= 15 is 0 Å². The molecule has 0 atom stereocenters. The van der Waals surface area contributed by atoms with Gasteiger partial charge in [0.05, 0.1) is 17.4 Å². The van der Waals surface area contributed by atoms with E-state index in [1.165, 1.54) is 6.07 Å². The van der Waals surface area contributed by atoms with Crippen molar-refractivity contribution >= 4 is 5.69 Å².